The van der Waals surface area contributed by atoms with Gasteiger partial charge >= 0.3 is 0 Å². The third kappa shape index (κ3) is 6.70. The van der Waals surface area contributed by atoms with Gasteiger partial charge in [0.15, 0.2) is 17.3 Å². The first kappa shape index (κ1) is 25.4. The highest BCUT2D eigenvalue weighted by Crippen LogP contribution is 2.35. The van der Waals surface area contributed by atoms with E-state index in [1.54, 1.807) is 37.5 Å². The minimum absolute atomic E-state index is 0.0548. The monoisotopic (exact) mass is 496 g/mol. The molecule has 0 saturated heterocycles. The van der Waals surface area contributed by atoms with Crippen LogP contribution in [0.1, 0.15) is 27.0 Å². The van der Waals surface area contributed by atoms with Crippen molar-refractivity contribution in [3.8, 4) is 28.7 Å². The summed E-state index contributed by atoms with van der Waals surface area (Å²) >= 11 is 0. The lowest BCUT2D eigenvalue weighted by molar-refractivity contribution is 0.104. The van der Waals surface area contributed by atoms with Crippen molar-refractivity contribution in [2.75, 3.05) is 14.2 Å². The first-order chi connectivity index (χ1) is 18.1. The quantitative estimate of drug-likeness (QED) is 0.190. The molecule has 0 aliphatic rings. The topological polar surface area (TPSA) is 74.2 Å². The zero-order valence-electron chi connectivity index (χ0n) is 20.7. The summed E-state index contributed by atoms with van der Waals surface area (Å²) in [6.07, 6.45) is 3.08. The Morgan fingerprint density at radius 3 is 1.95 bits per heavy atom. The molecule has 0 bridgehead atoms. The van der Waals surface area contributed by atoms with E-state index in [4.69, 9.17) is 18.9 Å². The fraction of sp³-hybridized carbons (Fsp3) is 0.129. The molecule has 0 spiro atoms. The molecule has 188 valence electrons. The van der Waals surface area contributed by atoms with Gasteiger partial charge < -0.3 is 24.1 Å². The maximum atomic E-state index is 13.2. The first-order valence-electron chi connectivity index (χ1n) is 11.7. The third-order valence-electron chi connectivity index (χ3n) is 5.65. The first-order valence-corrected chi connectivity index (χ1v) is 11.7. The van der Waals surface area contributed by atoms with Gasteiger partial charge in [-0.15, -0.1) is 0 Å². The summed E-state index contributed by atoms with van der Waals surface area (Å²) in [5.41, 5.74) is 2.93. The number of hydrogen-bond donors (Lipinski definition) is 1. The maximum Gasteiger partial charge on any atom is 0.189 e. The minimum atomic E-state index is -0.258. The Bertz CT molecular complexity index is 1360. The molecule has 0 aliphatic carbocycles. The molecule has 4 aromatic rings. The number of ketones is 1. The second-order valence-electron chi connectivity index (χ2n) is 8.17. The number of hydrogen-bond acceptors (Lipinski definition) is 6. The van der Waals surface area contributed by atoms with Gasteiger partial charge in [0.05, 0.1) is 19.8 Å². The lowest BCUT2D eigenvalue weighted by Crippen LogP contribution is -2.03. The fourth-order valence-electron chi connectivity index (χ4n) is 3.66. The number of phenolic OH excluding ortho intramolecular Hbond substituents is 1. The molecule has 0 saturated carbocycles. The number of ether oxygens (including phenoxy) is 4. The molecule has 0 heterocycles. The second-order valence-corrected chi connectivity index (χ2v) is 8.17. The number of aromatic hydroxyl groups is 1. The molecule has 1 N–H and O–H groups in total. The van der Waals surface area contributed by atoms with Gasteiger partial charge in [-0.3, -0.25) is 4.79 Å². The molecule has 0 aromatic heterocycles. The lowest BCUT2D eigenvalue weighted by Gasteiger charge is -2.13. The highest BCUT2D eigenvalue weighted by Gasteiger charge is 2.14. The fourth-order valence-corrected chi connectivity index (χ4v) is 3.66. The van der Waals surface area contributed by atoms with Crippen molar-refractivity contribution in [1.82, 2.24) is 0 Å². The summed E-state index contributed by atoms with van der Waals surface area (Å²) < 4.78 is 22.5. The van der Waals surface area contributed by atoms with E-state index in [0.717, 1.165) is 11.1 Å². The van der Waals surface area contributed by atoms with E-state index in [-0.39, 0.29) is 17.3 Å². The van der Waals surface area contributed by atoms with E-state index >= 15 is 0 Å². The number of methoxy groups -OCH3 is 2. The number of carbonyl (C=O) groups is 1. The molecular formula is C31H28O6. The average Bonchev–Trinajstić information content (AvgIpc) is 2.95. The summed E-state index contributed by atoms with van der Waals surface area (Å²) in [6.45, 7) is 0.613. The molecule has 4 rings (SSSR count). The lowest BCUT2D eigenvalue weighted by atomic mass is 10.1. The highest BCUT2D eigenvalue weighted by molar-refractivity contribution is 6.09. The zero-order chi connectivity index (χ0) is 26.0. The number of benzene rings is 4. The Morgan fingerprint density at radius 2 is 1.35 bits per heavy atom. The molecule has 6 nitrogen and oxygen atoms in total. The summed E-state index contributed by atoms with van der Waals surface area (Å²) in [4.78, 5) is 13.2. The van der Waals surface area contributed by atoms with Crippen LogP contribution in [0.5, 0.6) is 28.7 Å². The minimum Gasteiger partial charge on any atom is -0.504 e. The van der Waals surface area contributed by atoms with E-state index < -0.39 is 0 Å². The van der Waals surface area contributed by atoms with Crippen LogP contribution < -0.4 is 18.9 Å². The Hall–Kier alpha value is -4.71. The van der Waals surface area contributed by atoms with Crippen molar-refractivity contribution in [2.24, 2.45) is 0 Å². The van der Waals surface area contributed by atoms with Gasteiger partial charge in [-0.1, -0.05) is 60.7 Å². The Labute approximate surface area is 216 Å². The Kier molecular flexibility index (Phi) is 8.45. The predicted octanol–water partition coefficient (Wildman–Crippen LogP) is 6.46. The summed E-state index contributed by atoms with van der Waals surface area (Å²) in [5, 5.41) is 10.3. The van der Waals surface area contributed by atoms with Crippen LogP contribution in [-0.4, -0.2) is 25.1 Å². The summed E-state index contributed by atoms with van der Waals surface area (Å²) in [6, 6.07) is 27.6. The van der Waals surface area contributed by atoms with E-state index in [0.29, 0.717) is 41.6 Å². The van der Waals surface area contributed by atoms with Crippen molar-refractivity contribution < 1.29 is 28.8 Å². The van der Waals surface area contributed by atoms with Crippen LogP contribution in [0.25, 0.3) is 6.08 Å². The van der Waals surface area contributed by atoms with E-state index in [9.17, 15) is 9.90 Å². The smallest absolute Gasteiger partial charge is 0.189 e. The van der Waals surface area contributed by atoms with Crippen molar-refractivity contribution in [3.63, 3.8) is 0 Å². The molecule has 6 heteroatoms. The highest BCUT2D eigenvalue weighted by atomic mass is 16.5. The van der Waals surface area contributed by atoms with E-state index in [1.165, 1.54) is 19.3 Å². The maximum absolute atomic E-state index is 13.2. The molecular weight excluding hydrogens is 468 g/mol. The van der Waals surface area contributed by atoms with Crippen LogP contribution in [0.2, 0.25) is 0 Å². The van der Waals surface area contributed by atoms with Crippen LogP contribution in [0.15, 0.2) is 97.1 Å². The molecule has 4 aromatic carbocycles. The van der Waals surface area contributed by atoms with Crippen molar-refractivity contribution in [1.29, 1.82) is 0 Å². The summed E-state index contributed by atoms with van der Waals surface area (Å²) in [7, 11) is 3.03. The van der Waals surface area contributed by atoms with Crippen molar-refractivity contribution in [3.05, 3.63) is 119 Å². The SMILES string of the molecule is COc1ccc(C(=O)/C=C/c2cc(OC)c(O)cc2OCc2ccccc2)c(OCc2ccccc2)c1. The molecule has 0 unspecified atom stereocenters. The number of rotatable bonds is 11. The molecule has 37 heavy (non-hydrogen) atoms. The van der Waals surface area contributed by atoms with Crippen LogP contribution in [-0.2, 0) is 13.2 Å². The molecule has 0 radical (unpaired) electrons. The third-order valence-corrected chi connectivity index (χ3v) is 5.65. The number of phenols is 1. The molecule has 0 aliphatic heterocycles. The normalized spacial score (nSPS) is 10.8. The van der Waals surface area contributed by atoms with Gasteiger partial charge in [-0.05, 0) is 41.5 Å². The van der Waals surface area contributed by atoms with Crippen LogP contribution in [0.3, 0.4) is 0 Å². The largest absolute Gasteiger partial charge is 0.504 e. The van der Waals surface area contributed by atoms with Crippen LogP contribution >= 0.6 is 0 Å². The second kappa shape index (κ2) is 12.3. The average molecular weight is 497 g/mol. The van der Waals surface area contributed by atoms with Gasteiger partial charge in [-0.25, -0.2) is 0 Å². The van der Waals surface area contributed by atoms with Crippen LogP contribution in [0, 0.1) is 0 Å². The molecule has 0 amide bonds. The van der Waals surface area contributed by atoms with Gasteiger partial charge in [0.25, 0.3) is 0 Å². The Morgan fingerprint density at radius 1 is 0.730 bits per heavy atom. The Balaban J connectivity index is 1.58. The number of carbonyl (C=O) groups excluding carboxylic acids is 1. The van der Waals surface area contributed by atoms with Crippen molar-refractivity contribution in [2.45, 2.75) is 13.2 Å². The standard InChI is InChI=1S/C31H28O6/c1-34-25-14-15-26(30(18-25)37-21-23-11-7-4-8-12-23)27(32)16-13-24-17-31(35-2)28(33)19-29(24)36-20-22-9-5-3-6-10-22/h3-19,33H,20-21H2,1-2H3/b16-13+. The van der Waals surface area contributed by atoms with Gasteiger partial charge in [-0.2, -0.15) is 0 Å². The van der Waals surface area contributed by atoms with Gasteiger partial charge in [0, 0.05) is 17.7 Å². The molecule has 0 atom stereocenters. The summed E-state index contributed by atoms with van der Waals surface area (Å²) in [5.74, 6) is 1.38. The van der Waals surface area contributed by atoms with E-state index in [2.05, 4.69) is 0 Å². The number of allylic oxidation sites excluding steroid dienone is 1. The predicted molar refractivity (Wildman–Crippen MR) is 143 cm³/mol. The van der Waals surface area contributed by atoms with Gasteiger partial charge in [0.1, 0.15) is 30.5 Å². The van der Waals surface area contributed by atoms with Gasteiger partial charge in [0.2, 0.25) is 0 Å². The van der Waals surface area contributed by atoms with E-state index in [1.807, 2.05) is 60.7 Å². The van der Waals surface area contributed by atoms with Crippen molar-refractivity contribution >= 4 is 11.9 Å². The van der Waals surface area contributed by atoms with Crippen LogP contribution in [0.4, 0.5) is 0 Å². The zero-order valence-corrected chi connectivity index (χ0v) is 20.7. The molecule has 0 fully saturated rings.